The SMILES string of the molecule is N#Cc1cccc(CNC(=O)c2cc(F)ccc2Br)c1. The van der Waals surface area contributed by atoms with E-state index < -0.39 is 5.82 Å². The molecule has 0 spiro atoms. The first-order chi connectivity index (χ1) is 9.60. The van der Waals surface area contributed by atoms with Crippen molar-refractivity contribution in [1.29, 1.82) is 5.26 Å². The predicted molar refractivity (Wildman–Crippen MR) is 76.4 cm³/mol. The van der Waals surface area contributed by atoms with E-state index in [0.717, 1.165) is 5.56 Å². The first kappa shape index (κ1) is 14.2. The molecule has 0 aliphatic rings. The lowest BCUT2D eigenvalue weighted by atomic mass is 10.1. The van der Waals surface area contributed by atoms with Gasteiger partial charge in [-0.3, -0.25) is 4.79 Å². The van der Waals surface area contributed by atoms with Gasteiger partial charge in [0, 0.05) is 11.0 Å². The largest absolute Gasteiger partial charge is 0.348 e. The van der Waals surface area contributed by atoms with Gasteiger partial charge in [-0.25, -0.2) is 4.39 Å². The topological polar surface area (TPSA) is 52.9 Å². The van der Waals surface area contributed by atoms with Gasteiger partial charge in [0.2, 0.25) is 0 Å². The highest BCUT2D eigenvalue weighted by molar-refractivity contribution is 9.10. The van der Waals surface area contributed by atoms with E-state index in [9.17, 15) is 9.18 Å². The summed E-state index contributed by atoms with van der Waals surface area (Å²) in [6, 6.07) is 12.9. The second kappa shape index (κ2) is 6.31. The van der Waals surface area contributed by atoms with Gasteiger partial charge in [0.05, 0.1) is 17.2 Å². The molecular weight excluding hydrogens is 323 g/mol. The molecule has 3 nitrogen and oxygen atoms in total. The number of carbonyl (C=O) groups is 1. The Morgan fingerprint density at radius 2 is 2.10 bits per heavy atom. The van der Waals surface area contributed by atoms with Gasteiger partial charge in [-0.2, -0.15) is 5.26 Å². The fraction of sp³-hybridized carbons (Fsp3) is 0.0667. The first-order valence-corrected chi connectivity index (χ1v) is 6.62. The lowest BCUT2D eigenvalue weighted by Crippen LogP contribution is -2.23. The van der Waals surface area contributed by atoms with E-state index in [1.165, 1.54) is 18.2 Å². The molecule has 0 bridgehead atoms. The molecule has 2 rings (SSSR count). The Morgan fingerprint density at radius 3 is 2.85 bits per heavy atom. The van der Waals surface area contributed by atoms with E-state index in [0.29, 0.717) is 10.0 Å². The molecule has 0 fully saturated rings. The van der Waals surface area contributed by atoms with Crippen molar-refractivity contribution in [2.45, 2.75) is 6.54 Å². The molecule has 100 valence electrons. The van der Waals surface area contributed by atoms with Crippen LogP contribution in [0.15, 0.2) is 46.9 Å². The van der Waals surface area contributed by atoms with Crippen molar-refractivity contribution in [2.75, 3.05) is 0 Å². The standard InChI is InChI=1S/C15H10BrFN2O/c16-14-5-4-12(17)7-13(14)15(20)19-9-11-3-1-2-10(6-11)8-18/h1-7H,9H2,(H,19,20). The Labute approximate surface area is 124 Å². The maximum atomic E-state index is 13.1. The van der Waals surface area contributed by atoms with Crippen LogP contribution in [0.4, 0.5) is 4.39 Å². The molecular formula is C15H10BrFN2O. The average Bonchev–Trinajstić information content (AvgIpc) is 2.47. The molecule has 0 atom stereocenters. The van der Waals surface area contributed by atoms with Crippen LogP contribution >= 0.6 is 15.9 Å². The third-order valence-electron chi connectivity index (χ3n) is 2.68. The van der Waals surface area contributed by atoms with Crippen molar-refractivity contribution < 1.29 is 9.18 Å². The van der Waals surface area contributed by atoms with Gasteiger partial charge in [0.25, 0.3) is 5.91 Å². The summed E-state index contributed by atoms with van der Waals surface area (Å²) in [7, 11) is 0. The Bertz CT molecular complexity index is 695. The van der Waals surface area contributed by atoms with Crippen LogP contribution in [0, 0.1) is 17.1 Å². The smallest absolute Gasteiger partial charge is 0.252 e. The second-order valence-corrected chi connectivity index (χ2v) is 4.97. The normalized spacial score (nSPS) is 9.85. The van der Waals surface area contributed by atoms with Gasteiger partial charge in [-0.05, 0) is 51.8 Å². The van der Waals surface area contributed by atoms with Crippen molar-refractivity contribution in [3.05, 3.63) is 69.4 Å². The van der Waals surface area contributed by atoms with Crippen molar-refractivity contribution in [3.8, 4) is 6.07 Å². The molecule has 0 aromatic heterocycles. The number of amides is 1. The molecule has 0 radical (unpaired) electrons. The van der Waals surface area contributed by atoms with E-state index >= 15 is 0 Å². The number of carbonyl (C=O) groups excluding carboxylic acids is 1. The van der Waals surface area contributed by atoms with Crippen LogP contribution in [0.2, 0.25) is 0 Å². The van der Waals surface area contributed by atoms with Crippen LogP contribution in [0.5, 0.6) is 0 Å². The number of rotatable bonds is 3. The highest BCUT2D eigenvalue weighted by Gasteiger charge is 2.10. The van der Waals surface area contributed by atoms with Gasteiger partial charge in [0.1, 0.15) is 5.82 Å². The highest BCUT2D eigenvalue weighted by Crippen LogP contribution is 2.17. The van der Waals surface area contributed by atoms with Gasteiger partial charge in [-0.15, -0.1) is 0 Å². The van der Waals surface area contributed by atoms with Crippen LogP contribution in [0.25, 0.3) is 0 Å². The molecule has 0 saturated carbocycles. The minimum Gasteiger partial charge on any atom is -0.348 e. The number of halogens is 2. The highest BCUT2D eigenvalue weighted by atomic mass is 79.9. The van der Waals surface area contributed by atoms with Crippen LogP contribution in [-0.4, -0.2) is 5.91 Å². The Balaban J connectivity index is 2.09. The number of nitrogens with one attached hydrogen (secondary N) is 1. The second-order valence-electron chi connectivity index (χ2n) is 4.12. The van der Waals surface area contributed by atoms with Crippen LogP contribution in [0.3, 0.4) is 0 Å². The van der Waals surface area contributed by atoms with Crippen molar-refractivity contribution in [2.24, 2.45) is 0 Å². The molecule has 0 aliphatic carbocycles. The number of benzene rings is 2. The quantitative estimate of drug-likeness (QED) is 0.936. The molecule has 5 heteroatoms. The van der Waals surface area contributed by atoms with E-state index in [1.807, 2.05) is 12.1 Å². The van der Waals surface area contributed by atoms with Crippen LogP contribution in [0.1, 0.15) is 21.5 Å². The summed E-state index contributed by atoms with van der Waals surface area (Å²) < 4.78 is 13.7. The Hall–Kier alpha value is -2.19. The first-order valence-electron chi connectivity index (χ1n) is 5.82. The summed E-state index contributed by atoms with van der Waals surface area (Å²) in [5.74, 6) is -0.844. The lowest BCUT2D eigenvalue weighted by Gasteiger charge is -2.07. The molecule has 0 unspecified atom stereocenters. The van der Waals surface area contributed by atoms with Crippen molar-refractivity contribution >= 4 is 21.8 Å². The maximum absolute atomic E-state index is 13.1. The zero-order valence-corrected chi connectivity index (χ0v) is 11.9. The van der Waals surface area contributed by atoms with E-state index in [1.54, 1.807) is 18.2 Å². The summed E-state index contributed by atoms with van der Waals surface area (Å²) in [6.45, 7) is 0.275. The summed E-state index contributed by atoms with van der Waals surface area (Å²) in [5, 5.41) is 11.5. The van der Waals surface area contributed by atoms with E-state index in [2.05, 4.69) is 21.2 Å². The minimum atomic E-state index is -0.468. The van der Waals surface area contributed by atoms with Crippen molar-refractivity contribution in [3.63, 3.8) is 0 Å². The Morgan fingerprint density at radius 1 is 1.30 bits per heavy atom. The molecule has 0 aliphatic heterocycles. The van der Waals surface area contributed by atoms with Gasteiger partial charge in [-0.1, -0.05) is 12.1 Å². The molecule has 20 heavy (non-hydrogen) atoms. The number of nitriles is 1. The summed E-state index contributed by atoms with van der Waals surface area (Å²) in [5.41, 5.74) is 1.58. The molecule has 0 heterocycles. The zero-order valence-electron chi connectivity index (χ0n) is 10.4. The zero-order chi connectivity index (χ0) is 14.5. The fourth-order valence-electron chi connectivity index (χ4n) is 1.70. The third kappa shape index (κ3) is 3.43. The number of hydrogen-bond donors (Lipinski definition) is 1. The van der Waals surface area contributed by atoms with E-state index in [4.69, 9.17) is 5.26 Å². The molecule has 2 aromatic carbocycles. The summed E-state index contributed by atoms with van der Waals surface area (Å²) >= 11 is 3.21. The van der Waals surface area contributed by atoms with Crippen molar-refractivity contribution in [1.82, 2.24) is 5.32 Å². The minimum absolute atomic E-state index is 0.237. The molecule has 0 saturated heterocycles. The van der Waals surface area contributed by atoms with Gasteiger partial charge >= 0.3 is 0 Å². The monoisotopic (exact) mass is 332 g/mol. The fourth-order valence-corrected chi connectivity index (χ4v) is 2.13. The summed E-state index contributed by atoms with van der Waals surface area (Å²) in [4.78, 5) is 12.0. The van der Waals surface area contributed by atoms with E-state index in [-0.39, 0.29) is 18.0 Å². The Kier molecular flexibility index (Phi) is 4.49. The van der Waals surface area contributed by atoms with Gasteiger partial charge in [0.15, 0.2) is 0 Å². The third-order valence-corrected chi connectivity index (χ3v) is 3.37. The molecule has 1 N–H and O–H groups in total. The lowest BCUT2D eigenvalue weighted by molar-refractivity contribution is 0.0949. The van der Waals surface area contributed by atoms with Crippen LogP contribution in [-0.2, 0) is 6.54 Å². The molecule has 1 amide bonds. The van der Waals surface area contributed by atoms with Gasteiger partial charge < -0.3 is 5.32 Å². The molecule has 2 aromatic rings. The number of nitrogens with zero attached hydrogens (tertiary/aromatic N) is 1. The predicted octanol–water partition coefficient (Wildman–Crippen LogP) is 3.39. The number of hydrogen-bond acceptors (Lipinski definition) is 2. The van der Waals surface area contributed by atoms with Crippen LogP contribution < -0.4 is 5.32 Å². The maximum Gasteiger partial charge on any atom is 0.252 e. The average molecular weight is 333 g/mol. The summed E-state index contributed by atoms with van der Waals surface area (Å²) in [6.07, 6.45) is 0.